The molecule has 0 aliphatic carbocycles. The van der Waals surface area contributed by atoms with Crippen LogP contribution < -0.4 is 9.47 Å². The molecule has 0 radical (unpaired) electrons. The second-order valence-corrected chi connectivity index (χ2v) is 8.78. The first-order valence-electron chi connectivity index (χ1n) is 12.2. The van der Waals surface area contributed by atoms with Gasteiger partial charge in [-0.05, 0) is 60.6 Å². The van der Waals surface area contributed by atoms with Crippen molar-refractivity contribution in [2.75, 3.05) is 33.2 Å². The van der Waals surface area contributed by atoms with E-state index in [1.54, 1.807) is 12.1 Å². The van der Waals surface area contributed by atoms with Crippen molar-refractivity contribution in [2.45, 2.75) is 58.2 Å². The Bertz CT molecular complexity index is 890. The summed E-state index contributed by atoms with van der Waals surface area (Å²) < 4.78 is 85.3. The summed E-state index contributed by atoms with van der Waals surface area (Å²) in [6.45, 7) is 0.371. The third-order valence-electron chi connectivity index (χ3n) is 6.16. The van der Waals surface area contributed by atoms with Crippen molar-refractivity contribution in [3.8, 4) is 22.6 Å². The van der Waals surface area contributed by atoms with Crippen molar-refractivity contribution in [3.05, 3.63) is 47.0 Å². The lowest BCUT2D eigenvalue weighted by molar-refractivity contribution is -0.0196. The molecule has 1 aliphatic heterocycles. The van der Waals surface area contributed by atoms with Gasteiger partial charge in [0.2, 0.25) is 0 Å². The number of alkyl halides is 3. The summed E-state index contributed by atoms with van der Waals surface area (Å²) in [6.07, 6.45) is 3.98. The minimum absolute atomic E-state index is 0.0362. The van der Waals surface area contributed by atoms with Crippen LogP contribution in [0.15, 0.2) is 24.3 Å². The zero-order valence-electron chi connectivity index (χ0n) is 20.1. The normalized spacial score (nSPS) is 18.0. The van der Waals surface area contributed by atoms with E-state index in [4.69, 9.17) is 14.2 Å². The maximum absolute atomic E-state index is 14.5. The summed E-state index contributed by atoms with van der Waals surface area (Å²) in [5.41, 5.74) is 0.425. The molecule has 35 heavy (non-hydrogen) atoms. The van der Waals surface area contributed by atoms with Crippen LogP contribution in [0.4, 0.5) is 22.0 Å². The minimum atomic E-state index is -1.28. The Hall–Kier alpha value is -2.35. The lowest BCUT2D eigenvalue weighted by Crippen LogP contribution is -2.20. The fourth-order valence-electron chi connectivity index (χ4n) is 4.36. The zero-order valence-corrected chi connectivity index (χ0v) is 20.1. The van der Waals surface area contributed by atoms with Gasteiger partial charge in [0.25, 0.3) is 0 Å². The molecule has 2 aromatic carbocycles. The maximum atomic E-state index is 14.5. The highest BCUT2D eigenvalue weighted by molar-refractivity contribution is 5.78. The second-order valence-electron chi connectivity index (χ2n) is 8.78. The molecule has 194 valence electrons. The van der Waals surface area contributed by atoms with Gasteiger partial charge < -0.3 is 14.2 Å². The largest absolute Gasteiger partial charge is 0.493 e. The molecular formula is C27H33F5O3. The average Bonchev–Trinajstić information content (AvgIpc) is 2.84. The van der Waals surface area contributed by atoms with Crippen molar-refractivity contribution in [1.82, 2.24) is 0 Å². The average molecular weight is 501 g/mol. The van der Waals surface area contributed by atoms with Crippen LogP contribution in [0.5, 0.6) is 11.5 Å². The predicted octanol–water partition coefficient (Wildman–Crippen LogP) is 7.85. The van der Waals surface area contributed by atoms with E-state index in [1.165, 1.54) is 0 Å². The standard InChI is InChI=1S/C27H33F5O3/c1-2-5-18-6-7-24(35-17-18)19-14-25(33-10-3-8-28)27(26(15-19)34-11-4-9-29)20-12-22(31)21(16-30)23(32)13-20/h12-15,18,24H,2-11,16-17H2,1H3/t18-,24?/m1/s1. The van der Waals surface area contributed by atoms with E-state index in [9.17, 15) is 22.0 Å². The topological polar surface area (TPSA) is 27.7 Å². The van der Waals surface area contributed by atoms with Gasteiger partial charge in [-0.1, -0.05) is 13.3 Å². The fraction of sp³-hybridized carbons (Fsp3) is 0.556. The highest BCUT2D eigenvalue weighted by atomic mass is 19.2. The highest BCUT2D eigenvalue weighted by Gasteiger charge is 2.26. The SMILES string of the molecule is CCC[C@@H]1CCC(c2cc(OCCCF)c(-c3cc(F)c(CF)c(F)c3)c(OCCCF)c2)OC1. The Balaban J connectivity index is 2.05. The Labute approximate surface area is 203 Å². The molecule has 1 saturated heterocycles. The minimum Gasteiger partial charge on any atom is -0.493 e. The molecule has 1 fully saturated rings. The van der Waals surface area contributed by atoms with E-state index >= 15 is 0 Å². The molecule has 0 spiro atoms. The number of halogens is 5. The predicted molar refractivity (Wildman–Crippen MR) is 125 cm³/mol. The molecule has 1 heterocycles. The first-order valence-corrected chi connectivity index (χ1v) is 12.2. The fourth-order valence-corrected chi connectivity index (χ4v) is 4.36. The van der Waals surface area contributed by atoms with Gasteiger partial charge in [-0.3, -0.25) is 8.78 Å². The van der Waals surface area contributed by atoms with Gasteiger partial charge >= 0.3 is 0 Å². The van der Waals surface area contributed by atoms with Crippen LogP contribution in [0, 0.1) is 17.6 Å². The molecule has 3 nitrogen and oxygen atoms in total. The third kappa shape index (κ3) is 7.09. The zero-order chi connectivity index (χ0) is 25.2. The van der Waals surface area contributed by atoms with E-state index in [0.717, 1.165) is 43.4 Å². The molecule has 0 bridgehead atoms. The van der Waals surface area contributed by atoms with E-state index in [1.807, 2.05) is 0 Å². The molecular weight excluding hydrogens is 467 g/mol. The van der Waals surface area contributed by atoms with Crippen molar-refractivity contribution in [1.29, 1.82) is 0 Å². The quantitative estimate of drug-likeness (QED) is 0.207. The van der Waals surface area contributed by atoms with E-state index in [-0.39, 0.29) is 54.8 Å². The molecule has 8 heteroatoms. The summed E-state index contributed by atoms with van der Waals surface area (Å²) in [7, 11) is 0. The Morgan fingerprint density at radius 1 is 0.886 bits per heavy atom. The number of hydrogen-bond acceptors (Lipinski definition) is 3. The molecule has 0 aromatic heterocycles. The first kappa shape index (κ1) is 27.2. The van der Waals surface area contributed by atoms with E-state index < -0.39 is 37.2 Å². The van der Waals surface area contributed by atoms with E-state index in [2.05, 4.69) is 6.92 Å². The number of hydrogen-bond donors (Lipinski definition) is 0. The molecule has 0 N–H and O–H groups in total. The Kier molecular flexibility index (Phi) is 10.6. The number of rotatable bonds is 13. The van der Waals surface area contributed by atoms with Crippen LogP contribution >= 0.6 is 0 Å². The van der Waals surface area contributed by atoms with Crippen LogP contribution in [0.1, 0.15) is 62.7 Å². The van der Waals surface area contributed by atoms with Gasteiger partial charge in [-0.2, -0.15) is 0 Å². The smallest absolute Gasteiger partial charge is 0.132 e. The molecule has 1 aliphatic rings. The van der Waals surface area contributed by atoms with Crippen molar-refractivity contribution >= 4 is 0 Å². The van der Waals surface area contributed by atoms with Crippen LogP contribution in [0.25, 0.3) is 11.1 Å². The molecule has 0 amide bonds. The molecule has 3 rings (SSSR count). The van der Waals surface area contributed by atoms with Gasteiger partial charge in [0.05, 0.1) is 50.4 Å². The Morgan fingerprint density at radius 2 is 1.49 bits per heavy atom. The van der Waals surface area contributed by atoms with Crippen LogP contribution in [0.3, 0.4) is 0 Å². The van der Waals surface area contributed by atoms with Gasteiger partial charge in [0.15, 0.2) is 0 Å². The Morgan fingerprint density at radius 3 is 1.94 bits per heavy atom. The summed E-state index contributed by atoms with van der Waals surface area (Å²) >= 11 is 0. The number of ether oxygens (including phenoxy) is 3. The monoisotopic (exact) mass is 500 g/mol. The van der Waals surface area contributed by atoms with Crippen LogP contribution in [0.2, 0.25) is 0 Å². The van der Waals surface area contributed by atoms with E-state index in [0.29, 0.717) is 12.5 Å². The van der Waals surface area contributed by atoms with Crippen molar-refractivity contribution in [2.24, 2.45) is 5.92 Å². The van der Waals surface area contributed by atoms with Gasteiger partial charge in [0, 0.05) is 12.8 Å². The first-order chi connectivity index (χ1) is 17.0. The summed E-state index contributed by atoms with van der Waals surface area (Å²) in [5.74, 6) is -1.08. The van der Waals surface area contributed by atoms with Crippen molar-refractivity contribution < 1.29 is 36.2 Å². The molecule has 1 unspecified atom stereocenters. The summed E-state index contributed by atoms with van der Waals surface area (Å²) in [6, 6.07) is 5.48. The molecule has 2 atom stereocenters. The lowest BCUT2D eigenvalue weighted by atomic mass is 9.90. The summed E-state index contributed by atoms with van der Waals surface area (Å²) in [5, 5.41) is 0. The highest BCUT2D eigenvalue weighted by Crippen LogP contribution is 2.44. The maximum Gasteiger partial charge on any atom is 0.132 e. The van der Waals surface area contributed by atoms with Gasteiger partial charge in [0.1, 0.15) is 29.8 Å². The third-order valence-corrected chi connectivity index (χ3v) is 6.16. The van der Waals surface area contributed by atoms with Crippen LogP contribution in [-0.2, 0) is 11.4 Å². The van der Waals surface area contributed by atoms with Gasteiger partial charge in [-0.15, -0.1) is 0 Å². The van der Waals surface area contributed by atoms with Gasteiger partial charge in [-0.25, -0.2) is 13.2 Å². The number of benzene rings is 2. The molecule has 0 saturated carbocycles. The van der Waals surface area contributed by atoms with Crippen molar-refractivity contribution in [3.63, 3.8) is 0 Å². The van der Waals surface area contributed by atoms with Crippen LogP contribution in [-0.4, -0.2) is 33.2 Å². The lowest BCUT2D eigenvalue weighted by Gasteiger charge is -2.30. The molecule has 2 aromatic rings. The summed E-state index contributed by atoms with van der Waals surface area (Å²) in [4.78, 5) is 0. The second kappa shape index (κ2) is 13.7.